The predicted octanol–water partition coefficient (Wildman–Crippen LogP) is 2.90. The van der Waals surface area contributed by atoms with Crippen LogP contribution < -0.4 is 16.6 Å². The molecule has 4 N–H and O–H groups in total. The molecule has 0 saturated carbocycles. The molecular weight excluding hydrogens is 238 g/mol. The van der Waals surface area contributed by atoms with Crippen molar-refractivity contribution in [3.05, 3.63) is 11.4 Å². The molecule has 0 aliphatic carbocycles. The van der Waals surface area contributed by atoms with Crippen molar-refractivity contribution in [2.75, 3.05) is 17.3 Å². The molecule has 1 aromatic rings. The summed E-state index contributed by atoms with van der Waals surface area (Å²) < 4.78 is 0. The highest BCUT2D eigenvalue weighted by atomic mass is 15.3. The first-order chi connectivity index (χ1) is 8.86. The highest BCUT2D eigenvalue weighted by Gasteiger charge is 2.14. The van der Waals surface area contributed by atoms with Crippen molar-refractivity contribution in [1.29, 1.82) is 0 Å². The lowest BCUT2D eigenvalue weighted by atomic mass is 9.98. The first kappa shape index (κ1) is 15.7. The van der Waals surface area contributed by atoms with E-state index in [1.54, 1.807) is 0 Å². The number of nitrogens with two attached hydrogens (primary N) is 1. The van der Waals surface area contributed by atoms with E-state index >= 15 is 0 Å². The lowest BCUT2D eigenvalue weighted by Gasteiger charge is -2.19. The Hall–Kier alpha value is -1.36. The summed E-state index contributed by atoms with van der Waals surface area (Å²) in [4.78, 5) is 9.02. The van der Waals surface area contributed by atoms with E-state index in [9.17, 15) is 0 Å². The Kier molecular flexibility index (Phi) is 5.54. The van der Waals surface area contributed by atoms with Crippen molar-refractivity contribution in [3.63, 3.8) is 0 Å². The van der Waals surface area contributed by atoms with Crippen molar-refractivity contribution in [2.45, 2.75) is 47.5 Å². The van der Waals surface area contributed by atoms with Crippen LogP contribution in [-0.4, -0.2) is 16.5 Å². The van der Waals surface area contributed by atoms with Gasteiger partial charge in [0.1, 0.15) is 17.5 Å². The Morgan fingerprint density at radius 1 is 1.05 bits per heavy atom. The third-order valence-corrected chi connectivity index (χ3v) is 3.55. The van der Waals surface area contributed by atoms with Gasteiger partial charge < -0.3 is 10.7 Å². The maximum absolute atomic E-state index is 5.52. The largest absolute Gasteiger partial charge is 0.369 e. The number of hydrazine groups is 1. The van der Waals surface area contributed by atoms with Crippen LogP contribution in [0.1, 0.15) is 51.9 Å². The normalized spacial score (nSPS) is 12.9. The minimum atomic E-state index is 0.274. The smallest absolute Gasteiger partial charge is 0.148 e. The maximum Gasteiger partial charge on any atom is 0.148 e. The van der Waals surface area contributed by atoms with Gasteiger partial charge in [0.05, 0.1) is 0 Å². The SMILES string of the molecule is Cc1c(NN)nc(C(C)C)nc1NCC(C)C(C)C. The summed E-state index contributed by atoms with van der Waals surface area (Å²) in [7, 11) is 0. The zero-order valence-electron chi connectivity index (χ0n) is 12.9. The molecule has 1 rings (SSSR count). The van der Waals surface area contributed by atoms with Gasteiger partial charge >= 0.3 is 0 Å². The van der Waals surface area contributed by atoms with Gasteiger partial charge in [-0.05, 0) is 18.8 Å². The first-order valence-electron chi connectivity index (χ1n) is 6.95. The van der Waals surface area contributed by atoms with Crippen LogP contribution in [0.5, 0.6) is 0 Å². The molecule has 19 heavy (non-hydrogen) atoms. The Morgan fingerprint density at radius 3 is 2.11 bits per heavy atom. The molecule has 0 bridgehead atoms. The van der Waals surface area contributed by atoms with E-state index < -0.39 is 0 Å². The van der Waals surface area contributed by atoms with Gasteiger partial charge in [0.2, 0.25) is 0 Å². The van der Waals surface area contributed by atoms with Crippen molar-refractivity contribution in [2.24, 2.45) is 17.7 Å². The third-order valence-electron chi connectivity index (χ3n) is 3.55. The molecule has 0 aromatic carbocycles. The quantitative estimate of drug-likeness (QED) is 0.544. The van der Waals surface area contributed by atoms with E-state index in [2.05, 4.69) is 55.3 Å². The molecule has 0 aliphatic heterocycles. The summed E-state index contributed by atoms with van der Waals surface area (Å²) in [6, 6.07) is 0. The van der Waals surface area contributed by atoms with Gasteiger partial charge in [0.15, 0.2) is 0 Å². The molecule has 108 valence electrons. The minimum Gasteiger partial charge on any atom is -0.369 e. The Labute approximate surface area is 116 Å². The summed E-state index contributed by atoms with van der Waals surface area (Å²) in [5, 5.41) is 3.42. The number of nitrogens with zero attached hydrogens (tertiary/aromatic N) is 2. The summed E-state index contributed by atoms with van der Waals surface area (Å²) in [6.45, 7) is 13.7. The Morgan fingerprint density at radius 2 is 1.63 bits per heavy atom. The molecule has 0 amide bonds. The maximum atomic E-state index is 5.52. The number of nitrogen functional groups attached to an aromatic ring is 1. The molecule has 1 unspecified atom stereocenters. The van der Waals surface area contributed by atoms with Crippen molar-refractivity contribution in [1.82, 2.24) is 9.97 Å². The second-order valence-corrected chi connectivity index (χ2v) is 5.81. The monoisotopic (exact) mass is 265 g/mol. The average Bonchev–Trinajstić information content (AvgIpc) is 2.36. The van der Waals surface area contributed by atoms with Crippen LogP contribution in [0.25, 0.3) is 0 Å². The van der Waals surface area contributed by atoms with Crippen LogP contribution in [0.4, 0.5) is 11.6 Å². The van der Waals surface area contributed by atoms with Gasteiger partial charge in [0.25, 0.3) is 0 Å². The number of rotatable bonds is 6. The van der Waals surface area contributed by atoms with E-state index in [0.717, 1.165) is 23.8 Å². The standard InChI is InChI=1S/C14H27N5/c1-8(2)10(5)7-16-13-11(6)14(19-15)18-12(17-13)9(3)4/h8-10H,7,15H2,1-6H3,(H2,16,17,18,19). The Balaban J connectivity index is 2.95. The number of aromatic nitrogens is 2. The van der Waals surface area contributed by atoms with Gasteiger partial charge in [-0.2, -0.15) is 0 Å². The topological polar surface area (TPSA) is 75.9 Å². The van der Waals surface area contributed by atoms with Gasteiger partial charge in [-0.3, -0.25) is 0 Å². The fourth-order valence-electron chi connectivity index (χ4n) is 1.60. The molecule has 0 spiro atoms. The molecule has 0 radical (unpaired) electrons. The van der Waals surface area contributed by atoms with Gasteiger partial charge in [-0.15, -0.1) is 0 Å². The van der Waals surface area contributed by atoms with Crippen LogP contribution in [0, 0.1) is 18.8 Å². The molecule has 1 aromatic heterocycles. The van der Waals surface area contributed by atoms with E-state index in [-0.39, 0.29) is 5.92 Å². The lowest BCUT2D eigenvalue weighted by Crippen LogP contribution is -2.20. The first-order valence-corrected chi connectivity index (χ1v) is 6.95. The molecule has 5 heteroatoms. The second kappa shape index (κ2) is 6.70. The van der Waals surface area contributed by atoms with E-state index in [1.165, 1.54) is 0 Å². The summed E-state index contributed by atoms with van der Waals surface area (Å²) >= 11 is 0. The molecule has 0 aliphatic rings. The van der Waals surface area contributed by atoms with Crippen LogP contribution in [0.3, 0.4) is 0 Å². The lowest BCUT2D eigenvalue weighted by molar-refractivity contribution is 0.439. The predicted molar refractivity (Wildman–Crippen MR) is 81.2 cm³/mol. The van der Waals surface area contributed by atoms with E-state index in [1.807, 2.05) is 6.92 Å². The van der Waals surface area contributed by atoms with Gasteiger partial charge in [0, 0.05) is 18.0 Å². The fraction of sp³-hybridized carbons (Fsp3) is 0.714. The molecule has 0 saturated heterocycles. The number of nitrogens with one attached hydrogen (secondary N) is 2. The van der Waals surface area contributed by atoms with Gasteiger partial charge in [-0.25, -0.2) is 15.8 Å². The van der Waals surface area contributed by atoms with Crippen LogP contribution in [0.2, 0.25) is 0 Å². The van der Waals surface area contributed by atoms with E-state index in [4.69, 9.17) is 5.84 Å². The fourth-order valence-corrected chi connectivity index (χ4v) is 1.60. The van der Waals surface area contributed by atoms with Crippen LogP contribution in [0.15, 0.2) is 0 Å². The zero-order chi connectivity index (χ0) is 14.6. The van der Waals surface area contributed by atoms with E-state index in [0.29, 0.717) is 17.7 Å². The Bertz CT molecular complexity index is 415. The summed E-state index contributed by atoms with van der Waals surface area (Å²) in [5.41, 5.74) is 3.61. The van der Waals surface area contributed by atoms with Crippen LogP contribution >= 0.6 is 0 Å². The van der Waals surface area contributed by atoms with Crippen LogP contribution in [-0.2, 0) is 0 Å². The molecule has 1 heterocycles. The van der Waals surface area contributed by atoms with Crippen molar-refractivity contribution in [3.8, 4) is 0 Å². The van der Waals surface area contributed by atoms with Crippen molar-refractivity contribution >= 4 is 11.6 Å². The average molecular weight is 265 g/mol. The summed E-state index contributed by atoms with van der Waals surface area (Å²) in [5.74, 6) is 9.40. The third kappa shape index (κ3) is 4.06. The molecule has 1 atom stereocenters. The number of hydrogen-bond acceptors (Lipinski definition) is 5. The minimum absolute atomic E-state index is 0.274. The zero-order valence-corrected chi connectivity index (χ0v) is 12.9. The van der Waals surface area contributed by atoms with Crippen molar-refractivity contribution < 1.29 is 0 Å². The van der Waals surface area contributed by atoms with Gasteiger partial charge in [-0.1, -0.05) is 34.6 Å². The molecular formula is C14H27N5. The highest BCUT2D eigenvalue weighted by Crippen LogP contribution is 2.23. The summed E-state index contributed by atoms with van der Waals surface area (Å²) in [6.07, 6.45) is 0. The molecule has 0 fully saturated rings. The number of anilines is 2. The second-order valence-electron chi connectivity index (χ2n) is 5.81. The number of hydrogen-bond donors (Lipinski definition) is 3. The highest BCUT2D eigenvalue weighted by molar-refractivity contribution is 5.56. The molecule has 5 nitrogen and oxygen atoms in total.